The van der Waals surface area contributed by atoms with E-state index < -0.39 is 10.0 Å². The summed E-state index contributed by atoms with van der Waals surface area (Å²) >= 11 is 1.72. The summed E-state index contributed by atoms with van der Waals surface area (Å²) in [5, 5.41) is 3.61. The summed E-state index contributed by atoms with van der Waals surface area (Å²) in [6, 6.07) is 22.9. The van der Waals surface area contributed by atoms with Crippen LogP contribution in [0.4, 0.5) is 0 Å². The van der Waals surface area contributed by atoms with Crippen molar-refractivity contribution in [2.45, 2.75) is 37.6 Å². The Morgan fingerprint density at radius 1 is 1.03 bits per heavy atom. The quantitative estimate of drug-likeness (QED) is 0.311. The average molecular weight is 519 g/mol. The van der Waals surface area contributed by atoms with Crippen LogP contribution in [-0.4, -0.2) is 43.2 Å². The Hall–Kier alpha value is -3.00. The second kappa shape index (κ2) is 10.2. The zero-order valence-corrected chi connectivity index (χ0v) is 22.2. The van der Waals surface area contributed by atoms with Crippen LogP contribution in [0.2, 0.25) is 0 Å². The maximum Gasteiger partial charge on any atom is 0.244 e. The van der Waals surface area contributed by atoms with E-state index in [2.05, 4.69) is 35.7 Å². The molecule has 0 saturated carbocycles. The van der Waals surface area contributed by atoms with Crippen molar-refractivity contribution in [1.82, 2.24) is 9.21 Å². The van der Waals surface area contributed by atoms with Crippen LogP contribution in [0.1, 0.15) is 41.0 Å². The Morgan fingerprint density at radius 3 is 2.56 bits per heavy atom. The molecule has 1 amide bonds. The van der Waals surface area contributed by atoms with Gasteiger partial charge in [-0.3, -0.25) is 4.79 Å². The standard InChI is InChI=1S/C29H30N2O3S2/c1-3-17-30(36(33,34)27-10-6-8-22-7-4-5-9-24(22)27)20-28(32)31-18-15-26-25(16-19-35-26)29(31)23-13-11-21(2)12-14-23/h4-14,16,19,29H,3,15,17-18,20H2,1-2H3/t29-/m1/s1. The smallest absolute Gasteiger partial charge is 0.244 e. The highest BCUT2D eigenvalue weighted by atomic mass is 32.2. The molecular formula is C29H30N2O3S2. The third-order valence-corrected chi connectivity index (χ3v) is 9.73. The van der Waals surface area contributed by atoms with Crippen LogP contribution in [0.5, 0.6) is 0 Å². The van der Waals surface area contributed by atoms with Crippen molar-refractivity contribution >= 4 is 38.0 Å². The summed E-state index contributed by atoms with van der Waals surface area (Å²) in [5.74, 6) is -0.172. The number of fused-ring (bicyclic) bond motifs is 2. The molecule has 0 N–H and O–H groups in total. The minimum absolute atomic E-state index is 0.172. The van der Waals surface area contributed by atoms with Crippen LogP contribution in [-0.2, 0) is 21.2 Å². The Bertz CT molecular complexity index is 1490. The summed E-state index contributed by atoms with van der Waals surface area (Å²) in [4.78, 5) is 17.2. The molecule has 1 aliphatic heterocycles. The zero-order chi connectivity index (χ0) is 25.3. The first-order valence-electron chi connectivity index (χ1n) is 12.3. The number of carbonyl (C=O) groups is 1. The molecule has 1 aliphatic rings. The normalized spacial score (nSPS) is 15.9. The van der Waals surface area contributed by atoms with Crippen LogP contribution >= 0.6 is 11.3 Å². The second-order valence-electron chi connectivity index (χ2n) is 9.27. The number of sulfonamides is 1. The highest BCUT2D eigenvalue weighted by molar-refractivity contribution is 7.89. The molecule has 0 unspecified atom stereocenters. The van der Waals surface area contributed by atoms with Gasteiger partial charge in [-0.15, -0.1) is 11.3 Å². The molecule has 0 spiro atoms. The third-order valence-electron chi connectivity index (χ3n) is 6.83. The summed E-state index contributed by atoms with van der Waals surface area (Å²) in [6.07, 6.45) is 1.40. The van der Waals surface area contributed by atoms with Gasteiger partial charge in [-0.25, -0.2) is 8.42 Å². The second-order valence-corrected chi connectivity index (χ2v) is 12.2. The lowest BCUT2D eigenvalue weighted by Crippen LogP contribution is -2.47. The molecule has 1 aromatic heterocycles. The van der Waals surface area contributed by atoms with E-state index in [0.717, 1.165) is 28.5 Å². The van der Waals surface area contributed by atoms with Gasteiger partial charge in [-0.05, 0) is 53.8 Å². The number of hydrogen-bond acceptors (Lipinski definition) is 4. The molecular weight excluding hydrogens is 488 g/mol. The van der Waals surface area contributed by atoms with Gasteiger partial charge in [0.05, 0.1) is 17.5 Å². The van der Waals surface area contributed by atoms with Crippen molar-refractivity contribution in [3.05, 3.63) is 99.7 Å². The molecule has 0 aliphatic carbocycles. The minimum atomic E-state index is -3.87. The fraction of sp³-hybridized carbons (Fsp3) is 0.276. The average Bonchev–Trinajstić information content (AvgIpc) is 3.37. The number of amides is 1. The number of carbonyl (C=O) groups excluding carboxylic acids is 1. The molecule has 0 radical (unpaired) electrons. The maximum atomic E-state index is 13.9. The predicted octanol–water partition coefficient (Wildman–Crippen LogP) is 5.78. The van der Waals surface area contributed by atoms with E-state index in [1.165, 1.54) is 9.18 Å². The maximum absolute atomic E-state index is 13.9. The Morgan fingerprint density at radius 2 is 1.78 bits per heavy atom. The van der Waals surface area contributed by atoms with Gasteiger partial charge in [-0.1, -0.05) is 73.2 Å². The van der Waals surface area contributed by atoms with E-state index in [-0.39, 0.29) is 29.9 Å². The minimum Gasteiger partial charge on any atom is -0.330 e. The summed E-state index contributed by atoms with van der Waals surface area (Å²) in [6.45, 7) is 4.65. The monoisotopic (exact) mass is 518 g/mol. The Labute approximate surface area is 217 Å². The molecule has 5 rings (SSSR count). The van der Waals surface area contributed by atoms with Crippen molar-refractivity contribution in [2.24, 2.45) is 0 Å². The first-order chi connectivity index (χ1) is 17.4. The van der Waals surface area contributed by atoms with Crippen LogP contribution in [0.3, 0.4) is 0 Å². The molecule has 4 aromatic rings. The Balaban J connectivity index is 1.49. The molecule has 36 heavy (non-hydrogen) atoms. The Kier molecular flexibility index (Phi) is 6.97. The highest BCUT2D eigenvalue weighted by Crippen LogP contribution is 2.38. The van der Waals surface area contributed by atoms with Crippen molar-refractivity contribution in [3.8, 4) is 0 Å². The number of thiophene rings is 1. The molecule has 0 bridgehead atoms. The van der Waals surface area contributed by atoms with Crippen molar-refractivity contribution in [3.63, 3.8) is 0 Å². The van der Waals surface area contributed by atoms with Crippen LogP contribution in [0.25, 0.3) is 10.8 Å². The highest BCUT2D eigenvalue weighted by Gasteiger charge is 2.35. The largest absolute Gasteiger partial charge is 0.330 e. The third kappa shape index (κ3) is 4.59. The molecule has 3 aromatic carbocycles. The topological polar surface area (TPSA) is 57.7 Å². The molecule has 7 heteroatoms. The van der Waals surface area contributed by atoms with Crippen LogP contribution < -0.4 is 0 Å². The van der Waals surface area contributed by atoms with Crippen LogP contribution in [0.15, 0.2) is 83.1 Å². The first kappa shape index (κ1) is 24.7. The van der Waals surface area contributed by atoms with Crippen molar-refractivity contribution < 1.29 is 13.2 Å². The van der Waals surface area contributed by atoms with Crippen molar-refractivity contribution in [1.29, 1.82) is 0 Å². The van der Waals surface area contributed by atoms with E-state index in [4.69, 9.17) is 0 Å². The summed E-state index contributed by atoms with van der Waals surface area (Å²) < 4.78 is 29.1. The fourth-order valence-electron chi connectivity index (χ4n) is 5.03. The van der Waals surface area contributed by atoms with Gasteiger partial charge in [0.15, 0.2) is 0 Å². The number of nitrogens with zero attached hydrogens (tertiary/aromatic N) is 2. The predicted molar refractivity (Wildman–Crippen MR) is 146 cm³/mol. The SMILES string of the molecule is CCCN(CC(=O)N1CCc2sccc2[C@H]1c1ccc(C)cc1)S(=O)(=O)c1cccc2ccccc12. The van der Waals surface area contributed by atoms with Gasteiger partial charge in [-0.2, -0.15) is 4.31 Å². The van der Waals surface area contributed by atoms with E-state index in [1.807, 2.05) is 49.1 Å². The molecule has 0 fully saturated rings. The van der Waals surface area contributed by atoms with E-state index in [1.54, 1.807) is 23.5 Å². The van der Waals surface area contributed by atoms with E-state index >= 15 is 0 Å². The molecule has 186 valence electrons. The molecule has 2 heterocycles. The van der Waals surface area contributed by atoms with Gasteiger partial charge in [0, 0.05) is 23.4 Å². The first-order valence-corrected chi connectivity index (χ1v) is 14.6. The lowest BCUT2D eigenvalue weighted by Gasteiger charge is -2.37. The van der Waals surface area contributed by atoms with E-state index in [0.29, 0.717) is 18.4 Å². The number of rotatable bonds is 7. The van der Waals surface area contributed by atoms with E-state index in [9.17, 15) is 13.2 Å². The van der Waals surface area contributed by atoms with Gasteiger partial charge in [0.2, 0.25) is 15.9 Å². The lowest BCUT2D eigenvalue weighted by molar-refractivity contribution is -0.133. The number of aryl methyl sites for hydroxylation is 1. The van der Waals surface area contributed by atoms with Gasteiger partial charge < -0.3 is 4.90 Å². The molecule has 1 atom stereocenters. The molecule has 0 saturated heterocycles. The summed E-state index contributed by atoms with van der Waals surface area (Å²) in [5.41, 5.74) is 3.35. The van der Waals surface area contributed by atoms with Crippen molar-refractivity contribution in [2.75, 3.05) is 19.6 Å². The lowest BCUT2D eigenvalue weighted by atomic mass is 9.92. The van der Waals surface area contributed by atoms with Gasteiger partial charge in [0.1, 0.15) is 0 Å². The molecule has 5 nitrogen and oxygen atoms in total. The fourth-order valence-corrected chi connectivity index (χ4v) is 7.63. The number of hydrogen-bond donors (Lipinski definition) is 0. The number of benzene rings is 3. The van der Waals surface area contributed by atoms with Gasteiger partial charge in [0.25, 0.3) is 0 Å². The zero-order valence-electron chi connectivity index (χ0n) is 20.6. The van der Waals surface area contributed by atoms with Gasteiger partial charge >= 0.3 is 0 Å². The van der Waals surface area contributed by atoms with Crippen LogP contribution in [0, 0.1) is 6.92 Å². The summed E-state index contributed by atoms with van der Waals surface area (Å²) in [7, 11) is -3.87.